The van der Waals surface area contributed by atoms with Crippen LogP contribution < -0.4 is 4.72 Å². The molecule has 1 aromatic carbocycles. The first-order chi connectivity index (χ1) is 9.91. The van der Waals surface area contributed by atoms with Crippen LogP contribution in [0, 0.1) is 18.3 Å². The number of aromatic nitrogens is 1. The standard InChI is InChI=1S/C14H15N3O2S2/c1-10-8-16-14(20-10)11(2)17-21(18,19)9-13-6-4-3-5-12(13)7-15/h3-6,8,11,17H,9H2,1-2H3. The van der Waals surface area contributed by atoms with Crippen LogP contribution in [0.4, 0.5) is 0 Å². The molecule has 2 aromatic rings. The fourth-order valence-electron chi connectivity index (χ4n) is 1.89. The third-order valence-corrected chi connectivity index (χ3v) is 5.35. The fraction of sp³-hybridized carbons (Fsp3) is 0.286. The molecule has 0 bridgehead atoms. The Bertz CT molecular complexity index is 776. The molecule has 110 valence electrons. The number of thiazole rings is 1. The average Bonchev–Trinajstić information content (AvgIpc) is 2.85. The fourth-order valence-corrected chi connectivity index (χ4v) is 4.14. The van der Waals surface area contributed by atoms with E-state index >= 15 is 0 Å². The lowest BCUT2D eigenvalue weighted by Gasteiger charge is -2.12. The summed E-state index contributed by atoms with van der Waals surface area (Å²) < 4.78 is 27.0. The summed E-state index contributed by atoms with van der Waals surface area (Å²) in [4.78, 5) is 5.21. The van der Waals surface area contributed by atoms with Crippen molar-refractivity contribution in [3.63, 3.8) is 0 Å². The Morgan fingerprint density at radius 3 is 2.76 bits per heavy atom. The van der Waals surface area contributed by atoms with Gasteiger partial charge in [-0.25, -0.2) is 18.1 Å². The van der Waals surface area contributed by atoms with Crippen molar-refractivity contribution >= 4 is 21.4 Å². The first-order valence-electron chi connectivity index (χ1n) is 6.31. The third-order valence-electron chi connectivity index (χ3n) is 2.85. The van der Waals surface area contributed by atoms with Crippen molar-refractivity contribution in [1.82, 2.24) is 9.71 Å². The van der Waals surface area contributed by atoms with Crippen molar-refractivity contribution in [2.45, 2.75) is 25.6 Å². The van der Waals surface area contributed by atoms with Gasteiger partial charge in [0.25, 0.3) is 0 Å². The Labute approximate surface area is 128 Å². The summed E-state index contributed by atoms with van der Waals surface area (Å²) >= 11 is 1.46. The third kappa shape index (κ3) is 4.11. The predicted molar refractivity (Wildman–Crippen MR) is 82.2 cm³/mol. The number of aryl methyl sites for hydroxylation is 1. The quantitative estimate of drug-likeness (QED) is 0.917. The second kappa shape index (κ2) is 6.35. The zero-order valence-corrected chi connectivity index (χ0v) is 13.3. The minimum absolute atomic E-state index is 0.217. The average molecular weight is 321 g/mol. The Morgan fingerprint density at radius 1 is 1.43 bits per heavy atom. The highest BCUT2D eigenvalue weighted by molar-refractivity contribution is 7.88. The van der Waals surface area contributed by atoms with Crippen molar-refractivity contribution in [1.29, 1.82) is 5.26 Å². The molecule has 5 nitrogen and oxygen atoms in total. The molecule has 1 unspecified atom stereocenters. The predicted octanol–water partition coefficient (Wildman–Crippen LogP) is 2.50. The van der Waals surface area contributed by atoms with Crippen LogP contribution in [0.5, 0.6) is 0 Å². The Morgan fingerprint density at radius 2 is 2.14 bits per heavy atom. The minimum atomic E-state index is -3.54. The second-order valence-electron chi connectivity index (χ2n) is 4.68. The number of hydrogen-bond donors (Lipinski definition) is 1. The van der Waals surface area contributed by atoms with E-state index in [4.69, 9.17) is 5.26 Å². The molecule has 0 aliphatic rings. The summed E-state index contributed by atoms with van der Waals surface area (Å²) in [5.41, 5.74) is 0.871. The van der Waals surface area contributed by atoms with Crippen molar-refractivity contribution in [2.24, 2.45) is 0 Å². The van der Waals surface area contributed by atoms with Crippen LogP contribution in [0.25, 0.3) is 0 Å². The van der Waals surface area contributed by atoms with E-state index in [2.05, 4.69) is 9.71 Å². The summed E-state index contributed by atoms with van der Waals surface area (Å²) in [7, 11) is -3.54. The molecule has 0 spiro atoms. The topological polar surface area (TPSA) is 82.8 Å². The van der Waals surface area contributed by atoms with Crippen molar-refractivity contribution in [2.75, 3.05) is 0 Å². The highest BCUT2D eigenvalue weighted by Gasteiger charge is 2.19. The van der Waals surface area contributed by atoms with E-state index in [0.717, 1.165) is 9.88 Å². The van der Waals surface area contributed by atoms with E-state index < -0.39 is 10.0 Å². The van der Waals surface area contributed by atoms with Crippen LogP contribution in [0.15, 0.2) is 30.5 Å². The van der Waals surface area contributed by atoms with Crippen LogP contribution >= 0.6 is 11.3 Å². The lowest BCUT2D eigenvalue weighted by Crippen LogP contribution is -2.28. The zero-order chi connectivity index (χ0) is 15.5. The molecule has 0 saturated heterocycles. The van der Waals surface area contributed by atoms with Crippen LogP contribution in [-0.2, 0) is 15.8 Å². The maximum absolute atomic E-state index is 12.2. The van der Waals surface area contributed by atoms with Crippen molar-refractivity contribution in [3.8, 4) is 6.07 Å². The van der Waals surface area contributed by atoms with Crippen LogP contribution in [0.2, 0.25) is 0 Å². The number of hydrogen-bond acceptors (Lipinski definition) is 5. The van der Waals surface area contributed by atoms with Gasteiger partial charge in [-0.2, -0.15) is 5.26 Å². The van der Waals surface area contributed by atoms with Crippen LogP contribution in [0.1, 0.15) is 34.0 Å². The van der Waals surface area contributed by atoms with Gasteiger partial charge in [-0.3, -0.25) is 0 Å². The number of nitrogens with zero attached hydrogens (tertiary/aromatic N) is 2. The van der Waals surface area contributed by atoms with Gasteiger partial charge >= 0.3 is 0 Å². The van der Waals surface area contributed by atoms with Crippen molar-refractivity contribution in [3.05, 3.63) is 51.5 Å². The normalized spacial score (nSPS) is 12.8. The first-order valence-corrected chi connectivity index (χ1v) is 8.78. The molecule has 1 N–H and O–H groups in total. The number of nitriles is 1. The van der Waals surface area contributed by atoms with Gasteiger partial charge in [0, 0.05) is 11.1 Å². The molecule has 21 heavy (non-hydrogen) atoms. The Kier molecular flexibility index (Phi) is 4.73. The first kappa shape index (κ1) is 15.6. The van der Waals surface area contributed by atoms with Crippen LogP contribution in [-0.4, -0.2) is 13.4 Å². The van der Waals surface area contributed by atoms with E-state index in [1.54, 1.807) is 37.4 Å². The van der Waals surface area contributed by atoms with Gasteiger partial charge in [-0.1, -0.05) is 18.2 Å². The summed E-state index contributed by atoms with van der Waals surface area (Å²) in [6.45, 7) is 3.68. The zero-order valence-electron chi connectivity index (χ0n) is 11.7. The monoisotopic (exact) mass is 321 g/mol. The molecular formula is C14H15N3O2S2. The SMILES string of the molecule is Cc1cnc(C(C)NS(=O)(=O)Cc2ccccc2C#N)s1. The molecule has 0 aliphatic heterocycles. The molecule has 1 atom stereocenters. The summed E-state index contributed by atoms with van der Waals surface area (Å²) in [6.07, 6.45) is 1.72. The number of rotatable bonds is 5. The maximum atomic E-state index is 12.2. The molecule has 0 aliphatic carbocycles. The molecular weight excluding hydrogens is 306 g/mol. The van der Waals surface area contributed by atoms with E-state index in [-0.39, 0.29) is 11.8 Å². The van der Waals surface area contributed by atoms with E-state index in [9.17, 15) is 8.42 Å². The second-order valence-corrected chi connectivity index (χ2v) is 7.70. The highest BCUT2D eigenvalue weighted by atomic mass is 32.2. The van der Waals surface area contributed by atoms with Gasteiger partial charge in [0.1, 0.15) is 5.01 Å². The lowest BCUT2D eigenvalue weighted by molar-refractivity contribution is 0.565. The van der Waals surface area contributed by atoms with Gasteiger partial charge in [-0.05, 0) is 25.5 Å². The largest absolute Gasteiger partial charge is 0.248 e. The maximum Gasteiger partial charge on any atom is 0.216 e. The van der Waals surface area contributed by atoms with Crippen LogP contribution in [0.3, 0.4) is 0 Å². The van der Waals surface area contributed by atoms with Gasteiger partial charge in [0.15, 0.2) is 0 Å². The highest BCUT2D eigenvalue weighted by Crippen LogP contribution is 2.20. The molecule has 1 heterocycles. The lowest BCUT2D eigenvalue weighted by atomic mass is 10.1. The minimum Gasteiger partial charge on any atom is -0.248 e. The summed E-state index contributed by atoms with van der Waals surface area (Å²) in [5.74, 6) is -0.217. The van der Waals surface area contributed by atoms with Gasteiger partial charge < -0.3 is 0 Å². The smallest absolute Gasteiger partial charge is 0.216 e. The molecule has 0 amide bonds. The number of benzene rings is 1. The molecule has 0 radical (unpaired) electrons. The number of nitrogens with one attached hydrogen (secondary N) is 1. The molecule has 0 fully saturated rings. The molecule has 0 saturated carbocycles. The van der Waals surface area contributed by atoms with Gasteiger partial charge in [0.05, 0.1) is 23.4 Å². The molecule has 1 aromatic heterocycles. The molecule has 7 heteroatoms. The van der Waals surface area contributed by atoms with Crippen molar-refractivity contribution < 1.29 is 8.42 Å². The Balaban J connectivity index is 2.14. The summed E-state index contributed by atoms with van der Waals surface area (Å²) in [6, 6.07) is 8.31. The van der Waals surface area contributed by atoms with E-state index in [1.165, 1.54) is 11.3 Å². The summed E-state index contributed by atoms with van der Waals surface area (Å²) in [5, 5.41) is 9.73. The van der Waals surface area contributed by atoms with E-state index in [0.29, 0.717) is 11.1 Å². The number of sulfonamides is 1. The van der Waals surface area contributed by atoms with Gasteiger partial charge in [-0.15, -0.1) is 11.3 Å². The van der Waals surface area contributed by atoms with Gasteiger partial charge in [0.2, 0.25) is 10.0 Å². The Hall–Kier alpha value is -1.75. The molecule has 2 rings (SSSR count). The van der Waals surface area contributed by atoms with E-state index in [1.807, 2.05) is 13.0 Å².